The number of allylic oxidation sites excluding steroid dienone is 4. The number of nitrogens with one attached hydrogen (secondary N) is 2. The van der Waals surface area contributed by atoms with Crippen LogP contribution in [0.15, 0.2) is 91.1 Å². The van der Waals surface area contributed by atoms with Crippen LogP contribution in [0, 0.1) is 5.92 Å². The number of urea groups is 1. The van der Waals surface area contributed by atoms with Gasteiger partial charge in [0.1, 0.15) is 5.75 Å². The van der Waals surface area contributed by atoms with Crippen LogP contribution in [0.1, 0.15) is 6.92 Å². The van der Waals surface area contributed by atoms with Gasteiger partial charge in [-0.25, -0.2) is 9.78 Å². The summed E-state index contributed by atoms with van der Waals surface area (Å²) in [5, 5.41) is 7.17. The summed E-state index contributed by atoms with van der Waals surface area (Å²) in [6, 6.07) is 17.2. The second-order valence-corrected chi connectivity index (χ2v) is 9.33. The number of hydrogen-bond donors (Lipinski definition) is 2. The molecule has 3 aromatic rings. The Hall–Kier alpha value is -3.94. The summed E-state index contributed by atoms with van der Waals surface area (Å²) < 4.78 is 10.7. The number of hydrogen-bond acceptors (Lipinski definition) is 5. The summed E-state index contributed by atoms with van der Waals surface area (Å²) in [6.45, 7) is 9.24. The van der Waals surface area contributed by atoms with Crippen LogP contribution >= 0.6 is 0 Å². The number of rotatable bonds is 10. The number of ether oxygens (including phenoxy) is 2. The number of nitrogens with zero attached hydrogens (tertiary/aromatic N) is 2. The Kier molecular flexibility index (Phi) is 9.30. The number of carbonyl (C=O) groups is 1. The number of likely N-dealkylation sites (tertiary alicyclic amines) is 1. The molecule has 38 heavy (non-hydrogen) atoms. The Labute approximate surface area is 224 Å². The molecule has 0 spiro atoms. The summed E-state index contributed by atoms with van der Waals surface area (Å²) in [5.41, 5.74) is 4.07. The Bertz CT molecular complexity index is 1320. The molecule has 0 unspecified atom stereocenters. The van der Waals surface area contributed by atoms with Crippen LogP contribution < -0.4 is 15.4 Å². The van der Waals surface area contributed by atoms with E-state index in [9.17, 15) is 4.79 Å². The lowest BCUT2D eigenvalue weighted by Gasteiger charge is -2.21. The van der Waals surface area contributed by atoms with Gasteiger partial charge in [-0.2, -0.15) is 0 Å². The summed E-state index contributed by atoms with van der Waals surface area (Å²) in [7, 11) is 3.34. The Morgan fingerprint density at radius 1 is 1.13 bits per heavy atom. The molecule has 198 valence electrons. The molecule has 0 aliphatic carbocycles. The molecule has 1 fully saturated rings. The molecule has 7 nitrogen and oxygen atoms in total. The fourth-order valence-corrected chi connectivity index (χ4v) is 4.74. The van der Waals surface area contributed by atoms with Crippen LogP contribution in [0.5, 0.6) is 5.75 Å². The molecule has 7 heteroatoms. The van der Waals surface area contributed by atoms with Crippen molar-refractivity contribution >= 4 is 22.6 Å². The highest BCUT2D eigenvalue weighted by Crippen LogP contribution is 2.31. The number of amides is 2. The zero-order valence-corrected chi connectivity index (χ0v) is 22.3. The Balaban J connectivity index is 1.59. The van der Waals surface area contributed by atoms with Crippen molar-refractivity contribution < 1.29 is 14.3 Å². The molecule has 1 aromatic heterocycles. The van der Waals surface area contributed by atoms with Crippen molar-refractivity contribution in [3.63, 3.8) is 0 Å². The molecule has 1 aliphatic heterocycles. The van der Waals surface area contributed by atoms with E-state index in [0.29, 0.717) is 18.0 Å². The van der Waals surface area contributed by atoms with Crippen molar-refractivity contribution in [2.75, 3.05) is 45.8 Å². The molecule has 2 atom stereocenters. The molecular weight excluding hydrogens is 476 g/mol. The number of anilines is 1. The third kappa shape index (κ3) is 6.68. The predicted octanol–water partition coefficient (Wildman–Crippen LogP) is 5.67. The summed E-state index contributed by atoms with van der Waals surface area (Å²) >= 11 is 0. The van der Waals surface area contributed by atoms with E-state index in [1.807, 2.05) is 85.8 Å². The van der Waals surface area contributed by atoms with E-state index < -0.39 is 0 Å². The van der Waals surface area contributed by atoms with Crippen LogP contribution in [0.25, 0.3) is 22.2 Å². The maximum absolute atomic E-state index is 13.4. The minimum absolute atomic E-state index is 0.0895. The van der Waals surface area contributed by atoms with Crippen molar-refractivity contribution in [3.8, 4) is 17.0 Å². The molecular formula is C31H36N4O3. The molecule has 2 aromatic carbocycles. The normalized spacial score (nSPS) is 17.9. The van der Waals surface area contributed by atoms with Gasteiger partial charge in [-0.3, -0.25) is 4.90 Å². The summed E-state index contributed by atoms with van der Waals surface area (Å²) in [5.74, 6) is 0.822. The van der Waals surface area contributed by atoms with Gasteiger partial charge in [-0.15, -0.1) is 0 Å². The minimum atomic E-state index is -0.278. The number of benzene rings is 2. The fraction of sp³-hybridized carbons (Fsp3) is 0.290. The number of carbonyl (C=O) groups excluding carboxylic acids is 1. The van der Waals surface area contributed by atoms with Crippen LogP contribution in [-0.2, 0) is 4.74 Å². The molecule has 4 rings (SSSR count). The summed E-state index contributed by atoms with van der Waals surface area (Å²) in [4.78, 5) is 20.6. The third-order valence-corrected chi connectivity index (χ3v) is 6.73. The lowest BCUT2D eigenvalue weighted by atomic mass is 9.95. The monoisotopic (exact) mass is 512 g/mol. The highest BCUT2D eigenvalue weighted by Gasteiger charge is 2.34. The first kappa shape index (κ1) is 27.1. The predicted molar refractivity (Wildman–Crippen MR) is 155 cm³/mol. The van der Waals surface area contributed by atoms with Crippen LogP contribution in [-0.4, -0.2) is 62.4 Å². The quantitative estimate of drug-likeness (QED) is 0.343. The van der Waals surface area contributed by atoms with Crippen LogP contribution in [0.3, 0.4) is 0 Å². The van der Waals surface area contributed by atoms with Crippen molar-refractivity contribution in [2.45, 2.75) is 13.0 Å². The van der Waals surface area contributed by atoms with Gasteiger partial charge in [0, 0.05) is 43.6 Å². The number of methoxy groups -OCH3 is 2. The van der Waals surface area contributed by atoms with E-state index in [4.69, 9.17) is 14.5 Å². The number of pyridine rings is 1. The smallest absolute Gasteiger partial charge is 0.319 e. The van der Waals surface area contributed by atoms with Crippen LogP contribution in [0.2, 0.25) is 0 Å². The number of aromatic nitrogens is 1. The maximum atomic E-state index is 13.4. The van der Waals surface area contributed by atoms with Gasteiger partial charge in [-0.05, 0) is 36.8 Å². The molecule has 2 amide bonds. The largest absolute Gasteiger partial charge is 0.497 e. The first-order chi connectivity index (χ1) is 18.5. The SMILES string of the molecule is C=C(/C=C\C=C/C)[C@@H]1CN(CCOC)C[C@H]1NC(=O)Nc1cc2cc(OC)ccc2nc1-c1ccccc1. The highest BCUT2D eigenvalue weighted by molar-refractivity contribution is 5.98. The van der Waals surface area contributed by atoms with E-state index in [1.165, 1.54) is 0 Å². The van der Waals surface area contributed by atoms with Gasteiger partial charge >= 0.3 is 6.03 Å². The van der Waals surface area contributed by atoms with Crippen LogP contribution in [0.4, 0.5) is 10.5 Å². The highest BCUT2D eigenvalue weighted by atomic mass is 16.5. The van der Waals surface area contributed by atoms with E-state index in [1.54, 1.807) is 14.2 Å². The Morgan fingerprint density at radius 3 is 2.68 bits per heavy atom. The van der Waals surface area contributed by atoms with Gasteiger partial charge in [0.25, 0.3) is 0 Å². The average molecular weight is 513 g/mol. The Morgan fingerprint density at radius 2 is 1.95 bits per heavy atom. The maximum Gasteiger partial charge on any atom is 0.319 e. The van der Waals surface area contributed by atoms with Gasteiger partial charge in [0.15, 0.2) is 0 Å². The van der Waals surface area contributed by atoms with Crippen molar-refractivity contribution in [2.24, 2.45) is 5.92 Å². The van der Waals surface area contributed by atoms with Gasteiger partial charge in [0.05, 0.1) is 36.7 Å². The molecule has 2 N–H and O–H groups in total. The minimum Gasteiger partial charge on any atom is -0.497 e. The molecule has 1 aliphatic rings. The molecule has 0 saturated carbocycles. The molecule has 0 radical (unpaired) electrons. The first-order valence-electron chi connectivity index (χ1n) is 12.8. The lowest BCUT2D eigenvalue weighted by molar-refractivity contribution is 0.159. The second-order valence-electron chi connectivity index (χ2n) is 9.33. The van der Waals surface area contributed by atoms with Crippen molar-refractivity contribution in [3.05, 3.63) is 91.1 Å². The van der Waals surface area contributed by atoms with E-state index in [-0.39, 0.29) is 18.0 Å². The molecule has 1 saturated heterocycles. The average Bonchev–Trinajstić information content (AvgIpc) is 3.34. The zero-order chi connectivity index (χ0) is 26.9. The lowest BCUT2D eigenvalue weighted by Crippen LogP contribution is -2.43. The van der Waals surface area contributed by atoms with Crippen molar-refractivity contribution in [1.82, 2.24) is 15.2 Å². The molecule has 2 heterocycles. The zero-order valence-electron chi connectivity index (χ0n) is 22.3. The standard InChI is InChI=1S/C31H36N4O3/c1-5-6-8-11-22(2)26-20-35(16-17-37-3)21-29(26)34-31(36)33-28-19-24-18-25(38-4)14-15-27(24)32-30(28)23-12-9-7-10-13-23/h5-15,18-19,26,29H,2,16-17,20-21H2,1,3-4H3,(H2,33,34,36)/b6-5-,11-8-/t26-,29+/m0/s1. The third-order valence-electron chi connectivity index (χ3n) is 6.73. The van der Waals surface area contributed by atoms with Gasteiger partial charge in [-0.1, -0.05) is 61.2 Å². The topological polar surface area (TPSA) is 75.7 Å². The van der Waals surface area contributed by atoms with Gasteiger partial charge in [0.2, 0.25) is 0 Å². The fourth-order valence-electron chi connectivity index (χ4n) is 4.74. The van der Waals surface area contributed by atoms with E-state index in [2.05, 4.69) is 22.1 Å². The number of fused-ring (bicyclic) bond motifs is 1. The summed E-state index contributed by atoms with van der Waals surface area (Å²) in [6.07, 6.45) is 7.96. The molecule has 0 bridgehead atoms. The van der Waals surface area contributed by atoms with E-state index >= 15 is 0 Å². The second kappa shape index (κ2) is 13.0. The first-order valence-corrected chi connectivity index (χ1v) is 12.8. The van der Waals surface area contributed by atoms with Gasteiger partial charge < -0.3 is 20.1 Å². The van der Waals surface area contributed by atoms with E-state index in [0.717, 1.165) is 47.4 Å². The van der Waals surface area contributed by atoms with Crippen molar-refractivity contribution in [1.29, 1.82) is 0 Å².